The third-order valence-corrected chi connectivity index (χ3v) is 3.87. The summed E-state index contributed by atoms with van der Waals surface area (Å²) in [5, 5.41) is 3.31. The van der Waals surface area contributed by atoms with Gasteiger partial charge in [-0.25, -0.2) is 0 Å². The fraction of sp³-hybridized carbons (Fsp3) is 0.615. The van der Waals surface area contributed by atoms with E-state index in [9.17, 15) is 0 Å². The highest BCUT2D eigenvalue weighted by Gasteiger charge is 2.26. The van der Waals surface area contributed by atoms with E-state index in [0.29, 0.717) is 5.41 Å². The molecular weight excluding hydrogens is 264 g/mol. The molecule has 1 aromatic heterocycles. The topological polar surface area (TPSA) is 24.9 Å². The largest absolute Gasteiger partial charge is 0.319 e. The van der Waals surface area contributed by atoms with Crippen LogP contribution in [0.25, 0.3) is 0 Å². The van der Waals surface area contributed by atoms with Crippen molar-refractivity contribution in [1.29, 1.82) is 0 Å². The Balaban J connectivity index is 2.78. The Morgan fingerprint density at radius 3 is 2.44 bits per heavy atom. The van der Waals surface area contributed by atoms with Gasteiger partial charge in [0.2, 0.25) is 0 Å². The predicted octanol–water partition coefficient (Wildman–Crippen LogP) is 3.41. The Hall–Kier alpha value is -0.410. The molecule has 0 aliphatic rings. The molecule has 0 radical (unpaired) electrons. The Morgan fingerprint density at radius 1 is 1.31 bits per heavy atom. The first kappa shape index (κ1) is 13.7. The van der Waals surface area contributed by atoms with Crippen molar-refractivity contribution in [2.75, 3.05) is 13.6 Å². The quantitative estimate of drug-likeness (QED) is 0.866. The van der Waals surface area contributed by atoms with Crippen LogP contribution in [-0.2, 0) is 6.42 Å². The van der Waals surface area contributed by atoms with Gasteiger partial charge in [0.05, 0.1) is 0 Å². The lowest BCUT2D eigenvalue weighted by atomic mass is 9.78. The van der Waals surface area contributed by atoms with Gasteiger partial charge in [-0.2, -0.15) is 0 Å². The highest BCUT2D eigenvalue weighted by molar-refractivity contribution is 9.10. The van der Waals surface area contributed by atoms with Gasteiger partial charge in [0.25, 0.3) is 0 Å². The van der Waals surface area contributed by atoms with Gasteiger partial charge in [0.1, 0.15) is 0 Å². The van der Waals surface area contributed by atoms with Gasteiger partial charge in [-0.05, 0) is 59.8 Å². The Labute approximate surface area is 107 Å². The molecule has 0 unspecified atom stereocenters. The predicted molar refractivity (Wildman–Crippen MR) is 72.6 cm³/mol. The molecule has 0 atom stereocenters. The second-order valence-corrected chi connectivity index (χ2v) is 5.30. The molecule has 0 aromatic carbocycles. The molecule has 0 fully saturated rings. The summed E-state index contributed by atoms with van der Waals surface area (Å²) in [4.78, 5) is 4.47. The monoisotopic (exact) mass is 284 g/mol. The molecule has 0 bridgehead atoms. The normalized spacial score (nSPS) is 11.8. The number of nitrogens with one attached hydrogen (secondary N) is 1. The van der Waals surface area contributed by atoms with Crippen molar-refractivity contribution < 1.29 is 0 Å². The van der Waals surface area contributed by atoms with Crippen LogP contribution in [0.1, 0.15) is 32.4 Å². The average Bonchev–Trinajstić information content (AvgIpc) is 2.31. The summed E-state index contributed by atoms with van der Waals surface area (Å²) >= 11 is 3.42. The fourth-order valence-electron chi connectivity index (χ4n) is 2.08. The minimum Gasteiger partial charge on any atom is -0.319 e. The van der Waals surface area contributed by atoms with Crippen molar-refractivity contribution >= 4 is 15.9 Å². The van der Waals surface area contributed by atoms with E-state index in [2.05, 4.69) is 52.2 Å². The lowest BCUT2D eigenvalue weighted by Crippen LogP contribution is -2.33. The lowest BCUT2D eigenvalue weighted by Gasteiger charge is -2.31. The molecule has 16 heavy (non-hydrogen) atoms. The molecule has 1 heterocycles. The zero-order valence-electron chi connectivity index (χ0n) is 10.4. The molecule has 0 saturated heterocycles. The summed E-state index contributed by atoms with van der Waals surface area (Å²) < 4.78 is 1.04. The minimum atomic E-state index is 0.343. The molecule has 0 aliphatic heterocycles. The molecule has 3 heteroatoms. The summed E-state index contributed by atoms with van der Waals surface area (Å²) in [6.45, 7) is 5.58. The maximum absolute atomic E-state index is 4.47. The van der Waals surface area contributed by atoms with Crippen molar-refractivity contribution in [3.05, 3.63) is 28.5 Å². The molecule has 0 spiro atoms. The molecule has 1 N–H and O–H groups in total. The smallest absolute Gasteiger partial charge is 0.0413 e. The SMILES string of the molecule is CCC(CC)(CNC)Cc1ccc(Br)cn1. The van der Waals surface area contributed by atoms with Crippen LogP contribution in [0.4, 0.5) is 0 Å². The van der Waals surface area contributed by atoms with Gasteiger partial charge in [0.15, 0.2) is 0 Å². The van der Waals surface area contributed by atoms with Crippen molar-refractivity contribution in [1.82, 2.24) is 10.3 Å². The Morgan fingerprint density at radius 2 is 2.00 bits per heavy atom. The maximum atomic E-state index is 4.47. The van der Waals surface area contributed by atoms with Gasteiger partial charge < -0.3 is 5.32 Å². The van der Waals surface area contributed by atoms with E-state index in [1.54, 1.807) is 0 Å². The van der Waals surface area contributed by atoms with Gasteiger partial charge in [-0.3, -0.25) is 4.98 Å². The van der Waals surface area contributed by atoms with Crippen molar-refractivity contribution in [2.45, 2.75) is 33.1 Å². The van der Waals surface area contributed by atoms with Crippen molar-refractivity contribution in [3.63, 3.8) is 0 Å². The Kier molecular flexibility index (Phi) is 5.42. The van der Waals surface area contributed by atoms with Crippen molar-refractivity contribution in [2.24, 2.45) is 5.41 Å². The van der Waals surface area contributed by atoms with E-state index in [1.165, 1.54) is 18.5 Å². The third kappa shape index (κ3) is 3.56. The standard InChI is InChI=1S/C13H21BrN2/c1-4-13(5-2,10-15-3)8-12-7-6-11(14)9-16-12/h6-7,9,15H,4-5,8,10H2,1-3H3. The number of halogens is 1. The van der Waals surface area contributed by atoms with Crippen LogP contribution in [0.15, 0.2) is 22.8 Å². The van der Waals surface area contributed by atoms with Crippen LogP contribution in [0.5, 0.6) is 0 Å². The second-order valence-electron chi connectivity index (χ2n) is 4.38. The van der Waals surface area contributed by atoms with Crippen molar-refractivity contribution in [3.8, 4) is 0 Å². The van der Waals surface area contributed by atoms with Gasteiger partial charge in [0, 0.05) is 22.9 Å². The number of hydrogen-bond acceptors (Lipinski definition) is 2. The third-order valence-electron chi connectivity index (χ3n) is 3.40. The number of hydrogen-bond donors (Lipinski definition) is 1. The highest BCUT2D eigenvalue weighted by atomic mass is 79.9. The summed E-state index contributed by atoms with van der Waals surface area (Å²) in [6.07, 6.45) is 5.29. The number of rotatable bonds is 6. The minimum absolute atomic E-state index is 0.343. The molecule has 2 nitrogen and oxygen atoms in total. The number of pyridine rings is 1. The van der Waals surface area contributed by atoms with E-state index < -0.39 is 0 Å². The van der Waals surface area contributed by atoms with E-state index in [0.717, 1.165) is 17.4 Å². The van der Waals surface area contributed by atoms with Gasteiger partial charge in [-0.1, -0.05) is 13.8 Å². The molecule has 1 rings (SSSR count). The van der Waals surface area contributed by atoms with Gasteiger partial charge >= 0.3 is 0 Å². The van der Waals surface area contributed by atoms with E-state index in [1.807, 2.05) is 13.2 Å². The van der Waals surface area contributed by atoms with Crippen LogP contribution in [0.2, 0.25) is 0 Å². The average molecular weight is 285 g/mol. The van der Waals surface area contributed by atoms with Crippen LogP contribution in [0, 0.1) is 5.41 Å². The molecule has 0 amide bonds. The first-order chi connectivity index (χ1) is 7.65. The van der Waals surface area contributed by atoms with E-state index >= 15 is 0 Å². The van der Waals surface area contributed by atoms with E-state index in [-0.39, 0.29) is 0 Å². The maximum Gasteiger partial charge on any atom is 0.0413 e. The van der Waals surface area contributed by atoms with Crippen LogP contribution in [0.3, 0.4) is 0 Å². The van der Waals surface area contributed by atoms with E-state index in [4.69, 9.17) is 0 Å². The summed E-state index contributed by atoms with van der Waals surface area (Å²) in [5.41, 5.74) is 1.53. The summed E-state index contributed by atoms with van der Waals surface area (Å²) in [5.74, 6) is 0. The first-order valence-electron chi connectivity index (χ1n) is 5.91. The highest BCUT2D eigenvalue weighted by Crippen LogP contribution is 2.29. The van der Waals surface area contributed by atoms with Crippen LogP contribution >= 0.6 is 15.9 Å². The fourth-order valence-corrected chi connectivity index (χ4v) is 2.32. The number of aromatic nitrogens is 1. The zero-order chi connectivity index (χ0) is 12.0. The summed E-state index contributed by atoms with van der Waals surface area (Å²) in [7, 11) is 2.02. The molecule has 0 aliphatic carbocycles. The molecule has 90 valence electrons. The number of nitrogens with zero attached hydrogens (tertiary/aromatic N) is 1. The van der Waals surface area contributed by atoms with Crippen LogP contribution < -0.4 is 5.32 Å². The van der Waals surface area contributed by atoms with Crippen LogP contribution in [-0.4, -0.2) is 18.6 Å². The molecule has 0 saturated carbocycles. The second kappa shape index (κ2) is 6.36. The summed E-state index contributed by atoms with van der Waals surface area (Å²) in [6, 6.07) is 4.18. The molecular formula is C13H21BrN2. The first-order valence-corrected chi connectivity index (χ1v) is 6.70. The zero-order valence-corrected chi connectivity index (χ0v) is 12.0. The Bertz CT molecular complexity index is 304. The lowest BCUT2D eigenvalue weighted by molar-refractivity contribution is 0.250. The van der Waals surface area contributed by atoms with Gasteiger partial charge in [-0.15, -0.1) is 0 Å². The molecule has 1 aromatic rings.